The molecule has 35 heavy (non-hydrogen) atoms. The molecule has 13 heteroatoms. The number of nitro groups is 2. The molecule has 0 N–H and O–H groups in total. The van der Waals surface area contributed by atoms with Crippen LogP contribution in [0.15, 0.2) is 52.6 Å². The lowest BCUT2D eigenvalue weighted by atomic mass is 10.2. The fourth-order valence-electron chi connectivity index (χ4n) is 3.40. The summed E-state index contributed by atoms with van der Waals surface area (Å²) in [6.45, 7) is 7.19. The highest BCUT2D eigenvalue weighted by Gasteiger charge is 2.40. The smallest absolute Gasteiger partial charge is 0.361 e. The minimum absolute atomic E-state index is 0.00439. The van der Waals surface area contributed by atoms with Crippen LogP contribution in [0.2, 0.25) is 0 Å². The molecular weight excluding hydrogens is 460 g/mol. The average Bonchev–Trinajstić information content (AvgIpc) is 3.16. The van der Waals surface area contributed by atoms with Crippen molar-refractivity contribution in [3.05, 3.63) is 62.7 Å². The van der Waals surface area contributed by atoms with E-state index in [0.29, 0.717) is 16.8 Å². The van der Waals surface area contributed by atoms with E-state index in [1.54, 1.807) is 19.1 Å². The summed E-state index contributed by atoms with van der Waals surface area (Å²) < 4.78 is 4.97. The second kappa shape index (κ2) is 10.5. The molecule has 2 aromatic carbocycles. The summed E-state index contributed by atoms with van der Waals surface area (Å²) in [5.74, 6) is -1.86. The number of carbonyl (C=O) groups is 2. The van der Waals surface area contributed by atoms with Crippen LogP contribution in [-0.4, -0.2) is 52.8 Å². The molecule has 0 bridgehead atoms. The van der Waals surface area contributed by atoms with Crippen LogP contribution in [-0.2, 0) is 14.3 Å². The third kappa shape index (κ3) is 5.13. The Labute approximate surface area is 199 Å². The first-order chi connectivity index (χ1) is 16.7. The molecule has 1 heterocycles. The van der Waals surface area contributed by atoms with E-state index in [9.17, 15) is 29.8 Å². The van der Waals surface area contributed by atoms with Crippen LogP contribution in [0.1, 0.15) is 20.8 Å². The van der Waals surface area contributed by atoms with E-state index in [4.69, 9.17) is 4.74 Å². The fraction of sp³-hybridized carbons (Fsp3) is 0.273. The van der Waals surface area contributed by atoms with E-state index < -0.39 is 38.8 Å². The van der Waals surface area contributed by atoms with Gasteiger partial charge in [-0.3, -0.25) is 25.0 Å². The van der Waals surface area contributed by atoms with Gasteiger partial charge in [0.2, 0.25) is 5.71 Å². The van der Waals surface area contributed by atoms with E-state index in [1.165, 1.54) is 0 Å². The van der Waals surface area contributed by atoms with Crippen molar-refractivity contribution in [2.24, 2.45) is 10.1 Å². The number of hydrogen-bond acceptors (Lipinski definition) is 10. The molecule has 0 aliphatic carbocycles. The summed E-state index contributed by atoms with van der Waals surface area (Å²) >= 11 is 0. The first-order valence-corrected chi connectivity index (χ1v) is 10.7. The van der Waals surface area contributed by atoms with Gasteiger partial charge >= 0.3 is 11.7 Å². The molecule has 0 fully saturated rings. The lowest BCUT2D eigenvalue weighted by molar-refractivity contribution is -0.393. The second-order valence-corrected chi connectivity index (χ2v) is 7.12. The topological polar surface area (TPSA) is 161 Å². The molecule has 3 rings (SSSR count). The second-order valence-electron chi connectivity index (χ2n) is 7.12. The van der Waals surface area contributed by atoms with Crippen molar-refractivity contribution in [3.63, 3.8) is 0 Å². The predicted molar refractivity (Wildman–Crippen MR) is 128 cm³/mol. The van der Waals surface area contributed by atoms with Crippen molar-refractivity contribution >= 4 is 51.7 Å². The summed E-state index contributed by atoms with van der Waals surface area (Å²) in [4.78, 5) is 53.0. The molecular formula is C22H22N6O7. The minimum Gasteiger partial charge on any atom is -0.461 e. The van der Waals surface area contributed by atoms with E-state index in [2.05, 4.69) is 15.0 Å². The van der Waals surface area contributed by atoms with E-state index >= 15 is 0 Å². The molecule has 0 unspecified atom stereocenters. The van der Waals surface area contributed by atoms with Crippen LogP contribution >= 0.6 is 0 Å². The third-order valence-electron chi connectivity index (χ3n) is 5.10. The highest BCUT2D eigenvalue weighted by molar-refractivity contribution is 6.83. The zero-order valence-corrected chi connectivity index (χ0v) is 19.2. The van der Waals surface area contributed by atoms with Gasteiger partial charge in [-0.2, -0.15) is 10.1 Å². The molecule has 1 aliphatic heterocycles. The molecule has 13 nitrogen and oxygen atoms in total. The van der Waals surface area contributed by atoms with E-state index in [0.717, 1.165) is 30.9 Å². The van der Waals surface area contributed by atoms with Crippen LogP contribution in [0.4, 0.5) is 28.4 Å². The molecule has 1 amide bonds. The maximum absolute atomic E-state index is 13.2. The van der Waals surface area contributed by atoms with E-state index in [-0.39, 0.29) is 18.0 Å². The molecule has 0 saturated carbocycles. The molecule has 2 aromatic rings. The number of hydrogen-bond donors (Lipinski definition) is 0. The number of rotatable bonds is 9. The normalized spacial score (nSPS) is 14.1. The predicted octanol–water partition coefficient (Wildman–Crippen LogP) is 3.39. The number of non-ortho nitro benzene ring substituents is 1. The molecule has 0 atom stereocenters. The number of ether oxygens (including phenoxy) is 1. The van der Waals surface area contributed by atoms with Crippen molar-refractivity contribution in [2.45, 2.75) is 20.8 Å². The van der Waals surface area contributed by atoms with E-state index in [1.807, 2.05) is 26.0 Å². The van der Waals surface area contributed by atoms with Gasteiger partial charge in [0.25, 0.3) is 11.6 Å². The Hall–Kier alpha value is -4.68. The highest BCUT2D eigenvalue weighted by atomic mass is 16.6. The Bertz CT molecular complexity index is 1240. The van der Waals surface area contributed by atoms with Crippen molar-refractivity contribution in [1.82, 2.24) is 0 Å². The van der Waals surface area contributed by atoms with Gasteiger partial charge < -0.3 is 9.64 Å². The Kier molecular flexibility index (Phi) is 7.49. The van der Waals surface area contributed by atoms with Gasteiger partial charge in [0.1, 0.15) is 5.69 Å². The summed E-state index contributed by atoms with van der Waals surface area (Å²) in [5.41, 5.74) is -1.13. The number of nitro benzene ring substituents is 2. The Balaban J connectivity index is 2.07. The number of hydrazone groups is 1. The standard InChI is InChI=1S/C22H22N6O7/c1-4-25(5-2)15-9-7-14(8-10-15)23-19-20(22(30)35-6-3)24-26(21(19)29)17-12-11-16(27(31)32)13-18(17)28(33)34/h7-13H,4-6H2,1-3H3. The number of nitrogens with zero attached hydrogens (tertiary/aromatic N) is 6. The van der Waals surface area contributed by atoms with Crippen LogP contribution in [0.25, 0.3) is 0 Å². The Morgan fingerprint density at radius 2 is 1.71 bits per heavy atom. The van der Waals surface area contributed by atoms with Crippen molar-refractivity contribution in [2.75, 3.05) is 29.6 Å². The number of carbonyl (C=O) groups excluding carboxylic acids is 2. The Morgan fingerprint density at radius 3 is 2.26 bits per heavy atom. The van der Waals surface area contributed by atoms with Crippen LogP contribution in [0.3, 0.4) is 0 Å². The average molecular weight is 482 g/mol. The number of anilines is 2. The highest BCUT2D eigenvalue weighted by Crippen LogP contribution is 2.34. The van der Waals surface area contributed by atoms with Gasteiger partial charge in [-0.25, -0.2) is 9.79 Å². The molecule has 1 aliphatic rings. The maximum Gasteiger partial charge on any atom is 0.361 e. The monoisotopic (exact) mass is 482 g/mol. The summed E-state index contributed by atoms with van der Waals surface area (Å²) in [5, 5.41) is 27.2. The fourth-order valence-corrected chi connectivity index (χ4v) is 3.40. The largest absolute Gasteiger partial charge is 0.461 e. The van der Waals surface area contributed by atoms with Gasteiger partial charge in [-0.1, -0.05) is 0 Å². The quantitative estimate of drug-likeness (QED) is 0.298. The van der Waals surface area contributed by atoms with Crippen molar-refractivity contribution < 1.29 is 24.2 Å². The zero-order valence-electron chi connectivity index (χ0n) is 19.2. The number of aliphatic imine (C=N–C) groups is 1. The Morgan fingerprint density at radius 1 is 1.06 bits per heavy atom. The molecule has 0 saturated heterocycles. The first-order valence-electron chi connectivity index (χ1n) is 10.7. The summed E-state index contributed by atoms with van der Waals surface area (Å²) in [6.07, 6.45) is 0. The van der Waals surface area contributed by atoms with Gasteiger partial charge in [0, 0.05) is 24.8 Å². The van der Waals surface area contributed by atoms with Gasteiger partial charge in [0.05, 0.1) is 28.2 Å². The third-order valence-corrected chi connectivity index (χ3v) is 5.10. The van der Waals surface area contributed by atoms with Crippen molar-refractivity contribution in [1.29, 1.82) is 0 Å². The lowest BCUT2D eigenvalue weighted by Gasteiger charge is -2.20. The molecule has 182 valence electrons. The number of amides is 1. The minimum atomic E-state index is -0.938. The lowest BCUT2D eigenvalue weighted by Crippen LogP contribution is -2.31. The van der Waals surface area contributed by atoms with Gasteiger partial charge in [-0.05, 0) is 51.1 Å². The summed E-state index contributed by atoms with van der Waals surface area (Å²) in [6, 6.07) is 9.67. The number of esters is 1. The van der Waals surface area contributed by atoms with Crippen LogP contribution in [0.5, 0.6) is 0 Å². The molecule has 0 aromatic heterocycles. The first kappa shape index (κ1) is 25.0. The van der Waals surface area contributed by atoms with Crippen LogP contribution < -0.4 is 9.91 Å². The molecule has 0 spiro atoms. The van der Waals surface area contributed by atoms with Gasteiger partial charge in [0.15, 0.2) is 5.71 Å². The van der Waals surface area contributed by atoms with Crippen LogP contribution in [0, 0.1) is 20.2 Å². The zero-order chi connectivity index (χ0) is 25.7. The number of benzene rings is 2. The van der Waals surface area contributed by atoms with Gasteiger partial charge in [-0.15, -0.1) is 0 Å². The van der Waals surface area contributed by atoms with Crippen molar-refractivity contribution in [3.8, 4) is 0 Å². The SMILES string of the molecule is CCOC(=O)C1=NN(c2ccc([N+](=O)[O-])cc2[N+](=O)[O-])C(=O)C1=Nc1ccc(N(CC)CC)cc1. The maximum atomic E-state index is 13.2. The summed E-state index contributed by atoms with van der Waals surface area (Å²) in [7, 11) is 0. The molecule has 0 radical (unpaired) electrons.